The van der Waals surface area contributed by atoms with Crippen molar-refractivity contribution in [3.8, 4) is 28.7 Å². The van der Waals surface area contributed by atoms with E-state index in [9.17, 15) is 0 Å². The minimum atomic E-state index is -0.261. The highest BCUT2D eigenvalue weighted by molar-refractivity contribution is 5.54. The Bertz CT molecular complexity index is 857. The Hall–Kier alpha value is -2.64. The van der Waals surface area contributed by atoms with E-state index >= 15 is 0 Å². The highest BCUT2D eigenvalue weighted by Gasteiger charge is 2.38. The third-order valence-corrected chi connectivity index (χ3v) is 5.79. The summed E-state index contributed by atoms with van der Waals surface area (Å²) in [6.45, 7) is 0.920. The summed E-state index contributed by atoms with van der Waals surface area (Å²) >= 11 is 0. The molecule has 0 radical (unpaired) electrons. The maximum absolute atomic E-state index is 5.96. The summed E-state index contributed by atoms with van der Waals surface area (Å²) in [6, 6.07) is 10.1. The topological polar surface area (TPSA) is 64.6 Å². The van der Waals surface area contributed by atoms with Crippen molar-refractivity contribution in [1.82, 2.24) is 0 Å². The van der Waals surface area contributed by atoms with Crippen LogP contribution in [-0.2, 0) is 22.3 Å². The van der Waals surface area contributed by atoms with Crippen LogP contribution in [0.25, 0.3) is 0 Å². The Labute approximate surface area is 176 Å². The van der Waals surface area contributed by atoms with Gasteiger partial charge in [-0.3, -0.25) is 0 Å². The fraction of sp³-hybridized carbons (Fsp3) is 0.478. The first-order valence-corrected chi connectivity index (χ1v) is 9.98. The second-order valence-electron chi connectivity index (χ2n) is 7.49. The minimum Gasteiger partial charge on any atom is -0.493 e. The van der Waals surface area contributed by atoms with Crippen LogP contribution in [0.1, 0.15) is 11.1 Å². The molecule has 3 atom stereocenters. The van der Waals surface area contributed by atoms with Crippen molar-refractivity contribution in [3.05, 3.63) is 41.5 Å². The summed E-state index contributed by atoms with van der Waals surface area (Å²) in [6.07, 6.45) is 1.37. The molecule has 1 saturated heterocycles. The van der Waals surface area contributed by atoms with Gasteiger partial charge < -0.3 is 33.2 Å². The third-order valence-electron chi connectivity index (χ3n) is 5.79. The van der Waals surface area contributed by atoms with Crippen molar-refractivity contribution in [3.63, 3.8) is 0 Å². The lowest BCUT2D eigenvalue weighted by Crippen LogP contribution is -2.25. The van der Waals surface area contributed by atoms with Gasteiger partial charge in [0.25, 0.3) is 0 Å². The van der Waals surface area contributed by atoms with E-state index in [0.717, 1.165) is 29.9 Å². The van der Waals surface area contributed by atoms with Crippen LogP contribution in [0.3, 0.4) is 0 Å². The highest BCUT2D eigenvalue weighted by atomic mass is 16.7. The van der Waals surface area contributed by atoms with Crippen LogP contribution in [0, 0.1) is 11.8 Å². The van der Waals surface area contributed by atoms with Crippen LogP contribution < -0.4 is 23.7 Å². The van der Waals surface area contributed by atoms with Crippen LogP contribution in [0.4, 0.5) is 0 Å². The molecule has 2 aliphatic heterocycles. The van der Waals surface area contributed by atoms with Crippen LogP contribution in [-0.4, -0.2) is 48.1 Å². The maximum atomic E-state index is 5.96. The lowest BCUT2D eigenvalue weighted by Gasteiger charge is -2.23. The van der Waals surface area contributed by atoms with Gasteiger partial charge in [0.2, 0.25) is 12.5 Å². The van der Waals surface area contributed by atoms with E-state index in [1.165, 1.54) is 5.56 Å². The van der Waals surface area contributed by atoms with Crippen molar-refractivity contribution in [2.75, 3.05) is 41.8 Å². The fourth-order valence-corrected chi connectivity index (χ4v) is 4.30. The van der Waals surface area contributed by atoms with Gasteiger partial charge in [0, 0.05) is 13.0 Å². The highest BCUT2D eigenvalue weighted by Crippen LogP contribution is 2.41. The second kappa shape index (κ2) is 9.02. The molecular weight excluding hydrogens is 388 g/mol. The quantitative estimate of drug-likeness (QED) is 0.653. The molecule has 2 aromatic rings. The number of benzene rings is 2. The van der Waals surface area contributed by atoms with Crippen LogP contribution >= 0.6 is 0 Å². The zero-order chi connectivity index (χ0) is 21.1. The average Bonchev–Trinajstić information content (AvgIpc) is 3.39. The summed E-state index contributed by atoms with van der Waals surface area (Å²) < 4.78 is 39.0. The Morgan fingerprint density at radius 3 is 2.23 bits per heavy atom. The molecule has 4 rings (SSSR count). The van der Waals surface area contributed by atoms with Gasteiger partial charge >= 0.3 is 0 Å². The predicted octanol–water partition coefficient (Wildman–Crippen LogP) is 3.46. The van der Waals surface area contributed by atoms with Gasteiger partial charge in [-0.05, 0) is 54.2 Å². The molecule has 3 unspecified atom stereocenters. The van der Waals surface area contributed by atoms with Gasteiger partial charge in [-0.2, -0.15) is 0 Å². The standard InChI is InChI=1S/C23H28O7/c1-24-20-10-15(11-21(25-2)22(20)26-3)8-17-16(12-28-23(17)27-4)7-14-5-6-18-19(9-14)30-13-29-18/h5-6,9-11,16-17,23H,7-8,12-13H2,1-4H3. The smallest absolute Gasteiger partial charge is 0.231 e. The van der Waals surface area contributed by atoms with Gasteiger partial charge in [-0.1, -0.05) is 6.07 Å². The van der Waals surface area contributed by atoms with E-state index in [4.69, 9.17) is 33.2 Å². The van der Waals surface area contributed by atoms with E-state index in [-0.39, 0.29) is 19.0 Å². The molecule has 0 saturated carbocycles. The Morgan fingerprint density at radius 1 is 0.833 bits per heavy atom. The molecule has 30 heavy (non-hydrogen) atoms. The minimum absolute atomic E-state index is 0.184. The molecule has 2 heterocycles. The number of rotatable bonds is 8. The van der Waals surface area contributed by atoms with Crippen molar-refractivity contribution < 1.29 is 33.2 Å². The lowest BCUT2D eigenvalue weighted by atomic mass is 9.84. The van der Waals surface area contributed by atoms with Crippen molar-refractivity contribution >= 4 is 0 Å². The Balaban J connectivity index is 1.56. The van der Waals surface area contributed by atoms with Crippen molar-refractivity contribution in [2.45, 2.75) is 19.1 Å². The molecule has 0 aromatic heterocycles. The molecule has 0 spiro atoms. The lowest BCUT2D eigenvalue weighted by molar-refractivity contribution is -0.110. The molecule has 162 valence electrons. The van der Waals surface area contributed by atoms with Crippen LogP contribution in [0.2, 0.25) is 0 Å². The number of fused-ring (bicyclic) bond motifs is 1. The molecule has 7 nitrogen and oxygen atoms in total. The summed E-state index contributed by atoms with van der Waals surface area (Å²) in [7, 11) is 6.54. The SMILES string of the molecule is COc1cc(CC2C(Cc3ccc4c(c3)OCO4)COC2OC)cc(OC)c1OC. The normalized spacial score (nSPS) is 22.2. The van der Waals surface area contributed by atoms with E-state index in [0.29, 0.717) is 29.8 Å². The average molecular weight is 416 g/mol. The monoisotopic (exact) mass is 416 g/mol. The molecular formula is C23H28O7. The molecule has 7 heteroatoms. The third kappa shape index (κ3) is 4.00. The molecule has 0 amide bonds. The zero-order valence-corrected chi connectivity index (χ0v) is 17.8. The summed E-state index contributed by atoms with van der Waals surface area (Å²) in [5.41, 5.74) is 2.28. The maximum Gasteiger partial charge on any atom is 0.231 e. The van der Waals surface area contributed by atoms with Crippen LogP contribution in [0.5, 0.6) is 28.7 Å². The number of methoxy groups -OCH3 is 4. The predicted molar refractivity (Wildman–Crippen MR) is 110 cm³/mol. The largest absolute Gasteiger partial charge is 0.493 e. The molecule has 0 bridgehead atoms. The first-order chi connectivity index (χ1) is 14.7. The second-order valence-corrected chi connectivity index (χ2v) is 7.49. The molecule has 1 fully saturated rings. The van der Waals surface area contributed by atoms with Gasteiger partial charge in [0.05, 0.1) is 27.9 Å². The van der Waals surface area contributed by atoms with Gasteiger partial charge in [0.15, 0.2) is 29.3 Å². The van der Waals surface area contributed by atoms with Gasteiger partial charge in [-0.25, -0.2) is 0 Å². The molecule has 0 aliphatic carbocycles. The molecule has 2 aliphatic rings. The number of ether oxygens (including phenoxy) is 7. The Morgan fingerprint density at radius 2 is 1.57 bits per heavy atom. The fourth-order valence-electron chi connectivity index (χ4n) is 4.30. The first kappa shape index (κ1) is 20.6. The van der Waals surface area contributed by atoms with Gasteiger partial charge in [0.1, 0.15) is 0 Å². The van der Waals surface area contributed by atoms with Gasteiger partial charge in [-0.15, -0.1) is 0 Å². The number of hydrogen-bond donors (Lipinski definition) is 0. The van der Waals surface area contributed by atoms with E-state index in [1.807, 2.05) is 18.2 Å². The van der Waals surface area contributed by atoms with Crippen LogP contribution in [0.15, 0.2) is 30.3 Å². The summed E-state index contributed by atoms with van der Waals surface area (Å²) in [5, 5.41) is 0. The molecule has 0 N–H and O–H groups in total. The summed E-state index contributed by atoms with van der Waals surface area (Å²) in [5.74, 6) is 3.96. The van der Waals surface area contributed by atoms with Crippen molar-refractivity contribution in [1.29, 1.82) is 0 Å². The Kier molecular flexibility index (Phi) is 6.20. The van der Waals surface area contributed by atoms with E-state index in [1.54, 1.807) is 28.4 Å². The van der Waals surface area contributed by atoms with E-state index in [2.05, 4.69) is 12.1 Å². The number of hydrogen-bond acceptors (Lipinski definition) is 7. The summed E-state index contributed by atoms with van der Waals surface area (Å²) in [4.78, 5) is 0. The zero-order valence-electron chi connectivity index (χ0n) is 17.8. The first-order valence-electron chi connectivity index (χ1n) is 9.98. The van der Waals surface area contributed by atoms with E-state index < -0.39 is 0 Å². The molecule has 2 aromatic carbocycles. The van der Waals surface area contributed by atoms with Crippen molar-refractivity contribution in [2.24, 2.45) is 11.8 Å².